The van der Waals surface area contributed by atoms with Crippen LogP contribution in [-0.4, -0.2) is 42.5 Å². The SMILES string of the molecule is COC(=O)c1cc(/C=C/C(=O)OCC(=O)N(C2=CCCCC2)C2CC2)oc1C. The maximum Gasteiger partial charge on any atom is 0.341 e. The van der Waals surface area contributed by atoms with Gasteiger partial charge in [0, 0.05) is 17.8 Å². The third-order valence-electron chi connectivity index (χ3n) is 4.82. The molecule has 1 saturated carbocycles. The Balaban J connectivity index is 1.54. The second-order valence-electron chi connectivity index (χ2n) is 6.99. The highest BCUT2D eigenvalue weighted by atomic mass is 16.5. The molecule has 1 aromatic rings. The van der Waals surface area contributed by atoms with Crippen molar-refractivity contribution in [3.05, 3.63) is 41.0 Å². The van der Waals surface area contributed by atoms with Gasteiger partial charge in [-0.25, -0.2) is 9.59 Å². The Morgan fingerprint density at radius 3 is 2.71 bits per heavy atom. The second-order valence-corrected chi connectivity index (χ2v) is 6.99. The van der Waals surface area contributed by atoms with Gasteiger partial charge in [0.05, 0.1) is 7.11 Å². The number of carbonyl (C=O) groups excluding carboxylic acids is 3. The summed E-state index contributed by atoms with van der Waals surface area (Å²) in [6.07, 6.45) is 10.8. The molecule has 1 amide bonds. The summed E-state index contributed by atoms with van der Waals surface area (Å²) < 4.78 is 15.2. The van der Waals surface area contributed by atoms with Crippen LogP contribution in [0.3, 0.4) is 0 Å². The van der Waals surface area contributed by atoms with Gasteiger partial charge in [-0.15, -0.1) is 0 Å². The summed E-state index contributed by atoms with van der Waals surface area (Å²) >= 11 is 0. The average molecular weight is 387 g/mol. The molecule has 0 unspecified atom stereocenters. The Bertz CT molecular complexity index is 815. The molecule has 7 nitrogen and oxygen atoms in total. The third-order valence-corrected chi connectivity index (χ3v) is 4.82. The number of methoxy groups -OCH3 is 1. The molecule has 2 aliphatic carbocycles. The van der Waals surface area contributed by atoms with Crippen molar-refractivity contribution < 1.29 is 28.3 Å². The van der Waals surface area contributed by atoms with Gasteiger partial charge in [-0.2, -0.15) is 0 Å². The van der Waals surface area contributed by atoms with E-state index in [1.165, 1.54) is 25.3 Å². The zero-order chi connectivity index (χ0) is 20.1. The standard InChI is InChI=1S/C21H25NO6/c1-14-18(21(25)26-2)12-17(28-14)10-11-20(24)27-13-19(23)22(16-8-9-16)15-6-4-3-5-7-15/h6,10-12,16H,3-5,7-9,13H2,1-2H3/b11-10+. The van der Waals surface area contributed by atoms with Crippen LogP contribution in [0.1, 0.15) is 60.4 Å². The van der Waals surface area contributed by atoms with E-state index in [1.807, 2.05) is 4.90 Å². The lowest BCUT2D eigenvalue weighted by Crippen LogP contribution is -2.36. The maximum atomic E-state index is 12.6. The smallest absolute Gasteiger partial charge is 0.341 e. The van der Waals surface area contributed by atoms with Crippen LogP contribution in [0.2, 0.25) is 0 Å². The molecule has 7 heteroatoms. The van der Waals surface area contributed by atoms with Crippen LogP contribution in [0.5, 0.6) is 0 Å². The molecule has 0 bridgehead atoms. The van der Waals surface area contributed by atoms with E-state index >= 15 is 0 Å². The van der Waals surface area contributed by atoms with E-state index in [2.05, 4.69) is 10.8 Å². The van der Waals surface area contributed by atoms with Gasteiger partial charge >= 0.3 is 11.9 Å². The molecule has 0 aromatic carbocycles. The molecule has 0 radical (unpaired) electrons. The number of carbonyl (C=O) groups is 3. The lowest BCUT2D eigenvalue weighted by atomic mass is 10.0. The van der Waals surface area contributed by atoms with Crippen LogP contribution in [0, 0.1) is 6.92 Å². The number of ether oxygens (including phenoxy) is 2. The number of furan rings is 1. The highest BCUT2D eigenvalue weighted by Crippen LogP contribution is 2.33. The Morgan fingerprint density at radius 1 is 1.29 bits per heavy atom. The Morgan fingerprint density at radius 2 is 2.07 bits per heavy atom. The maximum absolute atomic E-state index is 12.6. The minimum absolute atomic E-state index is 0.181. The summed E-state index contributed by atoms with van der Waals surface area (Å²) in [5.74, 6) is -0.607. The molecule has 28 heavy (non-hydrogen) atoms. The first-order valence-electron chi connectivity index (χ1n) is 9.54. The van der Waals surface area contributed by atoms with Crippen molar-refractivity contribution in [3.8, 4) is 0 Å². The summed E-state index contributed by atoms with van der Waals surface area (Å²) in [4.78, 5) is 37.9. The van der Waals surface area contributed by atoms with Crippen LogP contribution >= 0.6 is 0 Å². The fourth-order valence-electron chi connectivity index (χ4n) is 3.27. The summed E-state index contributed by atoms with van der Waals surface area (Å²) in [5, 5.41) is 0. The summed E-state index contributed by atoms with van der Waals surface area (Å²) in [6.45, 7) is 1.34. The first-order valence-corrected chi connectivity index (χ1v) is 9.54. The molecular weight excluding hydrogens is 362 g/mol. The largest absolute Gasteiger partial charge is 0.465 e. The Kier molecular flexibility index (Phi) is 6.34. The van der Waals surface area contributed by atoms with Crippen molar-refractivity contribution in [2.45, 2.75) is 51.5 Å². The van der Waals surface area contributed by atoms with Gasteiger partial charge in [0.15, 0.2) is 6.61 Å². The first kappa shape index (κ1) is 19.9. The van der Waals surface area contributed by atoms with Crippen LogP contribution in [0.15, 0.2) is 28.3 Å². The molecule has 0 saturated heterocycles. The first-order chi connectivity index (χ1) is 13.5. The van der Waals surface area contributed by atoms with E-state index in [-0.39, 0.29) is 18.6 Å². The Hall–Kier alpha value is -2.83. The summed E-state index contributed by atoms with van der Waals surface area (Å²) in [7, 11) is 1.28. The third kappa shape index (κ3) is 4.91. The molecule has 3 rings (SSSR count). The van der Waals surface area contributed by atoms with Crippen LogP contribution < -0.4 is 0 Å². The molecule has 0 N–H and O–H groups in total. The van der Waals surface area contributed by atoms with E-state index in [1.54, 1.807) is 6.92 Å². The van der Waals surface area contributed by atoms with Crippen LogP contribution in [0.25, 0.3) is 6.08 Å². The van der Waals surface area contributed by atoms with Crippen molar-refractivity contribution in [3.63, 3.8) is 0 Å². The predicted octanol–water partition coefficient (Wildman–Crippen LogP) is 3.38. The van der Waals surface area contributed by atoms with E-state index in [4.69, 9.17) is 9.15 Å². The number of esters is 2. The van der Waals surface area contributed by atoms with Gasteiger partial charge < -0.3 is 18.8 Å². The number of aryl methyl sites for hydroxylation is 1. The lowest BCUT2D eigenvalue weighted by Gasteiger charge is -2.27. The minimum atomic E-state index is -0.643. The number of allylic oxidation sites excluding steroid dienone is 2. The second kappa shape index (κ2) is 8.91. The fourth-order valence-corrected chi connectivity index (χ4v) is 3.27. The van der Waals surface area contributed by atoms with Crippen molar-refractivity contribution in [2.24, 2.45) is 0 Å². The molecule has 2 aliphatic rings. The van der Waals surface area contributed by atoms with Gasteiger partial charge in [0.1, 0.15) is 17.1 Å². The molecule has 0 aliphatic heterocycles. The van der Waals surface area contributed by atoms with E-state index in [0.29, 0.717) is 17.1 Å². The summed E-state index contributed by atoms with van der Waals surface area (Å²) in [6, 6.07) is 1.73. The predicted molar refractivity (Wildman–Crippen MR) is 101 cm³/mol. The van der Waals surface area contributed by atoms with Crippen LogP contribution in [-0.2, 0) is 19.1 Å². The molecular formula is C21H25NO6. The van der Waals surface area contributed by atoms with E-state index in [9.17, 15) is 14.4 Å². The van der Waals surface area contributed by atoms with Crippen molar-refractivity contribution >= 4 is 23.9 Å². The number of amides is 1. The normalized spacial score (nSPS) is 16.6. The average Bonchev–Trinajstić information content (AvgIpc) is 3.46. The van der Waals surface area contributed by atoms with E-state index in [0.717, 1.165) is 44.2 Å². The zero-order valence-corrected chi connectivity index (χ0v) is 16.2. The molecule has 1 aromatic heterocycles. The number of hydrogen-bond donors (Lipinski definition) is 0. The van der Waals surface area contributed by atoms with Gasteiger partial charge in [-0.3, -0.25) is 4.79 Å². The van der Waals surface area contributed by atoms with Crippen molar-refractivity contribution in [2.75, 3.05) is 13.7 Å². The molecule has 0 atom stereocenters. The molecule has 150 valence electrons. The molecule has 1 fully saturated rings. The summed E-state index contributed by atoms with van der Waals surface area (Å²) in [5.41, 5.74) is 1.36. The van der Waals surface area contributed by atoms with Gasteiger partial charge in [0.25, 0.3) is 5.91 Å². The Labute approximate surface area is 164 Å². The number of hydrogen-bond acceptors (Lipinski definition) is 6. The van der Waals surface area contributed by atoms with Gasteiger partial charge in [-0.1, -0.05) is 6.08 Å². The monoisotopic (exact) mass is 387 g/mol. The molecule has 0 spiro atoms. The van der Waals surface area contributed by atoms with Crippen molar-refractivity contribution in [1.29, 1.82) is 0 Å². The lowest BCUT2D eigenvalue weighted by molar-refractivity contribution is -0.147. The van der Waals surface area contributed by atoms with E-state index < -0.39 is 11.9 Å². The number of rotatable bonds is 7. The topological polar surface area (TPSA) is 86.1 Å². The fraction of sp³-hybridized carbons (Fsp3) is 0.476. The highest BCUT2D eigenvalue weighted by Gasteiger charge is 2.35. The highest BCUT2D eigenvalue weighted by molar-refractivity contribution is 5.92. The molecule has 1 heterocycles. The quantitative estimate of drug-likeness (QED) is 0.527. The van der Waals surface area contributed by atoms with Crippen LogP contribution in [0.4, 0.5) is 0 Å². The van der Waals surface area contributed by atoms with Gasteiger partial charge in [-0.05, 0) is 57.6 Å². The number of nitrogens with zero attached hydrogens (tertiary/aromatic N) is 1. The van der Waals surface area contributed by atoms with Crippen molar-refractivity contribution in [1.82, 2.24) is 4.90 Å². The van der Waals surface area contributed by atoms with Gasteiger partial charge in [0.2, 0.25) is 0 Å². The minimum Gasteiger partial charge on any atom is -0.465 e. The zero-order valence-electron chi connectivity index (χ0n) is 16.2.